The number of hydrogen-bond donors (Lipinski definition) is 1. The van der Waals surface area contributed by atoms with Gasteiger partial charge in [0.05, 0.1) is 0 Å². The van der Waals surface area contributed by atoms with Crippen molar-refractivity contribution < 1.29 is 4.43 Å². The summed E-state index contributed by atoms with van der Waals surface area (Å²) in [6, 6.07) is 0. The third-order valence-corrected chi connectivity index (χ3v) is 4.90. The maximum atomic E-state index is 12.2. The SMILES string of the molecule is Cc1cn(C(O[Si](C)(C)C)C2CCCCC2)c(=O)[nH]c1=O. The fourth-order valence-corrected chi connectivity index (χ4v) is 3.97. The largest absolute Gasteiger partial charge is 0.397 e. The second-order valence-corrected chi connectivity index (χ2v) is 11.5. The molecule has 0 bridgehead atoms. The quantitative estimate of drug-likeness (QED) is 0.870. The van der Waals surface area contributed by atoms with Gasteiger partial charge in [-0.2, -0.15) is 0 Å². The summed E-state index contributed by atoms with van der Waals surface area (Å²) in [5.41, 5.74) is -0.124. The Labute approximate surface area is 126 Å². The number of nitrogens with zero attached hydrogens (tertiary/aromatic N) is 1. The van der Waals surface area contributed by atoms with Crippen LogP contribution in [0.25, 0.3) is 0 Å². The van der Waals surface area contributed by atoms with Crippen LogP contribution in [0.1, 0.15) is 43.9 Å². The van der Waals surface area contributed by atoms with Gasteiger partial charge < -0.3 is 4.43 Å². The molecule has 0 amide bonds. The van der Waals surface area contributed by atoms with Crippen LogP contribution in [-0.2, 0) is 4.43 Å². The van der Waals surface area contributed by atoms with E-state index < -0.39 is 8.32 Å². The van der Waals surface area contributed by atoms with Gasteiger partial charge in [0.25, 0.3) is 5.56 Å². The summed E-state index contributed by atoms with van der Waals surface area (Å²) in [6.45, 7) is 8.12. The fraction of sp³-hybridized carbons (Fsp3) is 0.733. The van der Waals surface area contributed by atoms with E-state index in [2.05, 4.69) is 24.6 Å². The van der Waals surface area contributed by atoms with Crippen LogP contribution in [0.3, 0.4) is 0 Å². The zero-order chi connectivity index (χ0) is 15.6. The van der Waals surface area contributed by atoms with Crippen molar-refractivity contribution in [3.8, 4) is 0 Å². The highest BCUT2D eigenvalue weighted by molar-refractivity contribution is 6.69. The molecule has 0 spiro atoms. The van der Waals surface area contributed by atoms with Crippen molar-refractivity contribution in [3.05, 3.63) is 32.6 Å². The van der Waals surface area contributed by atoms with Gasteiger partial charge in [-0.25, -0.2) is 4.79 Å². The van der Waals surface area contributed by atoms with Crippen molar-refractivity contribution in [3.63, 3.8) is 0 Å². The van der Waals surface area contributed by atoms with Gasteiger partial charge in [0.2, 0.25) is 0 Å². The molecule has 1 atom stereocenters. The smallest absolute Gasteiger partial charge is 0.330 e. The molecule has 0 aromatic carbocycles. The van der Waals surface area contributed by atoms with Crippen LogP contribution in [0.15, 0.2) is 15.8 Å². The fourth-order valence-electron chi connectivity index (χ4n) is 2.94. The van der Waals surface area contributed by atoms with Crippen LogP contribution in [0, 0.1) is 12.8 Å². The zero-order valence-electron chi connectivity index (χ0n) is 13.4. The van der Waals surface area contributed by atoms with E-state index in [9.17, 15) is 9.59 Å². The molecule has 2 rings (SSSR count). The predicted molar refractivity (Wildman–Crippen MR) is 86.1 cm³/mol. The first kappa shape index (κ1) is 16.2. The molecule has 0 saturated heterocycles. The lowest BCUT2D eigenvalue weighted by atomic mass is 9.88. The van der Waals surface area contributed by atoms with Gasteiger partial charge in [-0.3, -0.25) is 14.3 Å². The van der Waals surface area contributed by atoms with Gasteiger partial charge in [0.1, 0.15) is 6.23 Å². The molecule has 21 heavy (non-hydrogen) atoms. The second kappa shape index (κ2) is 6.32. The minimum atomic E-state index is -1.79. The first-order chi connectivity index (χ1) is 9.78. The Balaban J connectivity index is 2.41. The molecule has 1 aliphatic carbocycles. The van der Waals surface area contributed by atoms with Crippen LogP contribution >= 0.6 is 0 Å². The number of hydrogen-bond acceptors (Lipinski definition) is 3. The van der Waals surface area contributed by atoms with Crippen molar-refractivity contribution in [1.82, 2.24) is 9.55 Å². The first-order valence-electron chi connectivity index (χ1n) is 7.78. The van der Waals surface area contributed by atoms with E-state index in [4.69, 9.17) is 4.43 Å². The van der Waals surface area contributed by atoms with Crippen molar-refractivity contribution in [2.75, 3.05) is 0 Å². The summed E-state index contributed by atoms with van der Waals surface area (Å²) in [7, 11) is -1.79. The highest BCUT2D eigenvalue weighted by Crippen LogP contribution is 2.34. The van der Waals surface area contributed by atoms with E-state index >= 15 is 0 Å². The third-order valence-electron chi connectivity index (χ3n) is 3.95. The van der Waals surface area contributed by atoms with Crippen molar-refractivity contribution in [1.29, 1.82) is 0 Å². The summed E-state index contributed by atoms with van der Waals surface area (Å²) in [5, 5.41) is 0. The Morgan fingerprint density at radius 1 is 1.24 bits per heavy atom. The number of aromatic amines is 1. The van der Waals surface area contributed by atoms with Crippen molar-refractivity contribution in [2.24, 2.45) is 5.92 Å². The minimum absolute atomic E-state index is 0.250. The average Bonchev–Trinajstić information content (AvgIpc) is 2.40. The molecule has 1 aliphatic rings. The number of H-pyrrole nitrogens is 1. The maximum Gasteiger partial charge on any atom is 0.330 e. The molecular weight excluding hydrogens is 284 g/mol. The number of aromatic nitrogens is 2. The molecular formula is C15H26N2O3Si. The van der Waals surface area contributed by atoms with Crippen molar-refractivity contribution in [2.45, 2.75) is 64.9 Å². The highest BCUT2D eigenvalue weighted by Gasteiger charge is 2.31. The molecule has 118 valence electrons. The Hall–Kier alpha value is -1.14. The molecule has 0 radical (unpaired) electrons. The van der Waals surface area contributed by atoms with Gasteiger partial charge >= 0.3 is 5.69 Å². The molecule has 1 unspecified atom stereocenters. The van der Waals surface area contributed by atoms with Gasteiger partial charge in [0, 0.05) is 17.7 Å². The lowest BCUT2D eigenvalue weighted by Crippen LogP contribution is -2.41. The van der Waals surface area contributed by atoms with E-state index in [-0.39, 0.29) is 17.5 Å². The standard InChI is InChI=1S/C15H26N2O3Si/c1-11-10-17(15(19)16-13(11)18)14(20-21(2,3)4)12-8-6-5-7-9-12/h10,12,14H,5-9H2,1-4H3,(H,16,18,19). The summed E-state index contributed by atoms with van der Waals surface area (Å²) in [4.78, 5) is 26.2. The molecule has 1 N–H and O–H groups in total. The van der Waals surface area contributed by atoms with Crippen LogP contribution in [0.2, 0.25) is 19.6 Å². The van der Waals surface area contributed by atoms with Crippen LogP contribution in [-0.4, -0.2) is 17.9 Å². The Kier molecular flexibility index (Phi) is 4.88. The molecule has 5 nitrogen and oxygen atoms in total. The summed E-state index contributed by atoms with van der Waals surface area (Å²) < 4.78 is 7.92. The normalized spacial score (nSPS) is 18.7. The van der Waals surface area contributed by atoms with E-state index in [1.54, 1.807) is 17.7 Å². The third kappa shape index (κ3) is 4.17. The minimum Gasteiger partial charge on any atom is -0.397 e. The summed E-state index contributed by atoms with van der Waals surface area (Å²) in [5.74, 6) is 0.355. The molecule has 1 aromatic heterocycles. The summed E-state index contributed by atoms with van der Waals surface area (Å²) >= 11 is 0. The molecule has 1 fully saturated rings. The Morgan fingerprint density at radius 2 is 1.86 bits per heavy atom. The molecule has 0 aliphatic heterocycles. The molecule has 1 heterocycles. The zero-order valence-corrected chi connectivity index (χ0v) is 14.4. The average molecular weight is 310 g/mol. The number of aryl methyl sites for hydroxylation is 1. The molecule has 1 saturated carbocycles. The highest BCUT2D eigenvalue weighted by atomic mass is 28.4. The molecule has 6 heteroatoms. The van der Waals surface area contributed by atoms with Gasteiger partial charge in [-0.15, -0.1) is 0 Å². The Morgan fingerprint density at radius 3 is 2.43 bits per heavy atom. The van der Waals surface area contributed by atoms with Crippen LogP contribution in [0.5, 0.6) is 0 Å². The predicted octanol–water partition coefficient (Wildman–Crippen LogP) is 2.78. The lowest BCUT2D eigenvalue weighted by molar-refractivity contribution is 0.0359. The molecule has 1 aromatic rings. The topological polar surface area (TPSA) is 64.1 Å². The second-order valence-electron chi connectivity index (χ2n) is 7.00. The van der Waals surface area contributed by atoms with E-state index in [0.717, 1.165) is 12.8 Å². The Bertz CT molecular complexity index is 594. The van der Waals surface area contributed by atoms with Crippen LogP contribution < -0.4 is 11.2 Å². The van der Waals surface area contributed by atoms with Crippen LogP contribution in [0.4, 0.5) is 0 Å². The number of nitrogens with one attached hydrogen (secondary N) is 1. The lowest BCUT2D eigenvalue weighted by Gasteiger charge is -2.35. The van der Waals surface area contributed by atoms with Crippen molar-refractivity contribution >= 4 is 8.32 Å². The summed E-state index contributed by atoms with van der Waals surface area (Å²) in [6.07, 6.45) is 7.20. The van der Waals surface area contributed by atoms with Gasteiger partial charge in [0.15, 0.2) is 8.32 Å². The van der Waals surface area contributed by atoms with Gasteiger partial charge in [-0.05, 0) is 39.4 Å². The number of rotatable bonds is 4. The van der Waals surface area contributed by atoms with E-state index in [0.29, 0.717) is 11.5 Å². The van der Waals surface area contributed by atoms with E-state index in [1.165, 1.54) is 19.3 Å². The monoisotopic (exact) mass is 310 g/mol. The van der Waals surface area contributed by atoms with E-state index in [1.807, 2.05) is 0 Å². The van der Waals surface area contributed by atoms with Gasteiger partial charge in [-0.1, -0.05) is 19.3 Å². The first-order valence-corrected chi connectivity index (χ1v) is 11.2. The maximum absolute atomic E-state index is 12.2.